The molecule has 0 unspecified atom stereocenters. The van der Waals surface area contributed by atoms with Gasteiger partial charge in [-0.25, -0.2) is 14.8 Å². The number of carbonyl (C=O) groups is 1. The zero-order valence-electron chi connectivity index (χ0n) is 16.7. The fraction of sp³-hybridized carbons (Fsp3) is 0.0870. The van der Waals surface area contributed by atoms with E-state index >= 15 is 0 Å². The van der Waals surface area contributed by atoms with Gasteiger partial charge in [-0.3, -0.25) is 10.1 Å². The number of non-ortho nitro benzene ring substituents is 1. The molecular formula is C23H17N3O5. The van der Waals surface area contributed by atoms with Crippen LogP contribution in [0.2, 0.25) is 0 Å². The smallest absolute Gasteiger partial charge is 0.338 e. The lowest BCUT2D eigenvalue weighted by molar-refractivity contribution is -0.384. The first-order valence-corrected chi connectivity index (χ1v) is 9.30. The molecule has 1 heterocycles. The third-order valence-corrected chi connectivity index (χ3v) is 4.79. The average Bonchev–Trinajstić information content (AvgIpc) is 2.82. The van der Waals surface area contributed by atoms with Gasteiger partial charge in [0.05, 0.1) is 35.9 Å². The lowest BCUT2D eigenvalue weighted by atomic mass is 10.0. The highest BCUT2D eigenvalue weighted by Gasteiger charge is 2.23. The number of esters is 1. The Morgan fingerprint density at radius 1 is 0.935 bits per heavy atom. The second-order valence-electron chi connectivity index (χ2n) is 6.63. The third kappa shape index (κ3) is 3.78. The number of hydrogen-bond acceptors (Lipinski definition) is 7. The Kier molecular flexibility index (Phi) is 5.28. The molecule has 0 bridgehead atoms. The minimum absolute atomic E-state index is 0.0341. The second-order valence-corrected chi connectivity index (χ2v) is 6.63. The highest BCUT2D eigenvalue weighted by atomic mass is 16.6. The highest BCUT2D eigenvalue weighted by molar-refractivity contribution is 6.10. The van der Waals surface area contributed by atoms with E-state index in [0.717, 1.165) is 5.56 Å². The molecule has 0 spiro atoms. The Morgan fingerprint density at radius 3 is 2.26 bits per heavy atom. The number of ether oxygens (including phenoxy) is 2. The molecule has 0 atom stereocenters. The van der Waals surface area contributed by atoms with Crippen LogP contribution < -0.4 is 4.74 Å². The summed E-state index contributed by atoms with van der Waals surface area (Å²) in [5.41, 5.74) is 1.97. The van der Waals surface area contributed by atoms with Gasteiger partial charge in [-0.15, -0.1) is 0 Å². The van der Waals surface area contributed by atoms with Gasteiger partial charge in [0.2, 0.25) is 0 Å². The molecule has 0 N–H and O–H groups in total. The number of hydrogen-bond donors (Lipinski definition) is 0. The second kappa shape index (κ2) is 8.19. The number of benzene rings is 3. The molecule has 8 heteroatoms. The first-order chi connectivity index (χ1) is 15.0. The van der Waals surface area contributed by atoms with Gasteiger partial charge in [0.15, 0.2) is 5.82 Å². The third-order valence-electron chi connectivity index (χ3n) is 4.79. The van der Waals surface area contributed by atoms with Crippen molar-refractivity contribution < 1.29 is 19.2 Å². The van der Waals surface area contributed by atoms with E-state index in [-0.39, 0.29) is 16.8 Å². The van der Waals surface area contributed by atoms with E-state index in [1.54, 1.807) is 31.4 Å². The summed E-state index contributed by atoms with van der Waals surface area (Å²) in [6, 6.07) is 18.9. The Balaban J connectivity index is 2.08. The van der Waals surface area contributed by atoms with Crippen LogP contribution in [0.5, 0.6) is 5.75 Å². The molecule has 31 heavy (non-hydrogen) atoms. The van der Waals surface area contributed by atoms with Crippen LogP contribution in [0.15, 0.2) is 66.7 Å². The highest BCUT2D eigenvalue weighted by Crippen LogP contribution is 2.34. The van der Waals surface area contributed by atoms with Gasteiger partial charge in [0.1, 0.15) is 5.75 Å². The van der Waals surface area contributed by atoms with Crippen LogP contribution in [0.4, 0.5) is 5.69 Å². The van der Waals surface area contributed by atoms with Crippen LogP contribution in [0.25, 0.3) is 33.5 Å². The number of nitrogens with zero attached hydrogens (tertiary/aromatic N) is 3. The molecule has 3 aromatic carbocycles. The molecule has 0 aliphatic rings. The quantitative estimate of drug-likeness (QED) is 0.265. The van der Waals surface area contributed by atoms with Crippen LogP contribution >= 0.6 is 0 Å². The maximum Gasteiger partial charge on any atom is 0.338 e. The van der Waals surface area contributed by atoms with Crippen molar-refractivity contribution >= 4 is 22.6 Å². The maximum atomic E-state index is 12.5. The summed E-state index contributed by atoms with van der Waals surface area (Å²) in [5.74, 6) is 0.341. The van der Waals surface area contributed by atoms with Crippen molar-refractivity contribution in [3.8, 4) is 28.4 Å². The van der Waals surface area contributed by atoms with Crippen LogP contribution in [-0.4, -0.2) is 35.1 Å². The van der Waals surface area contributed by atoms with E-state index < -0.39 is 10.9 Å². The van der Waals surface area contributed by atoms with Gasteiger partial charge < -0.3 is 9.47 Å². The fourth-order valence-electron chi connectivity index (χ4n) is 3.30. The summed E-state index contributed by atoms with van der Waals surface area (Å²) in [6.45, 7) is 0. The summed E-state index contributed by atoms with van der Waals surface area (Å²) in [5, 5.41) is 11.9. The van der Waals surface area contributed by atoms with Crippen molar-refractivity contribution in [2.75, 3.05) is 14.2 Å². The normalized spacial score (nSPS) is 10.6. The molecule has 0 fully saturated rings. The number of nitro groups is 1. The topological polar surface area (TPSA) is 104 Å². The molecular weight excluding hydrogens is 398 g/mol. The number of methoxy groups -OCH3 is 2. The number of carbonyl (C=O) groups excluding carboxylic acids is 1. The summed E-state index contributed by atoms with van der Waals surface area (Å²) >= 11 is 0. The summed E-state index contributed by atoms with van der Waals surface area (Å²) in [4.78, 5) is 32.7. The van der Waals surface area contributed by atoms with Gasteiger partial charge in [0.25, 0.3) is 5.69 Å². The maximum absolute atomic E-state index is 12.5. The van der Waals surface area contributed by atoms with Crippen molar-refractivity contribution in [1.82, 2.24) is 9.97 Å². The molecule has 8 nitrogen and oxygen atoms in total. The minimum atomic E-state index is -0.702. The molecule has 0 aliphatic carbocycles. The van der Waals surface area contributed by atoms with Crippen molar-refractivity contribution in [1.29, 1.82) is 0 Å². The zero-order valence-corrected chi connectivity index (χ0v) is 16.7. The van der Waals surface area contributed by atoms with E-state index in [1.165, 1.54) is 19.2 Å². The van der Waals surface area contributed by atoms with Gasteiger partial charge in [-0.05, 0) is 24.3 Å². The molecule has 0 amide bonds. The molecule has 0 saturated carbocycles. The van der Waals surface area contributed by atoms with E-state index in [1.807, 2.05) is 30.3 Å². The first-order valence-electron chi connectivity index (χ1n) is 9.30. The van der Waals surface area contributed by atoms with Crippen molar-refractivity contribution in [2.24, 2.45) is 0 Å². The zero-order chi connectivity index (χ0) is 22.0. The van der Waals surface area contributed by atoms with E-state index in [9.17, 15) is 14.9 Å². The molecule has 4 rings (SSSR count). The Morgan fingerprint density at radius 2 is 1.65 bits per heavy atom. The van der Waals surface area contributed by atoms with Crippen molar-refractivity contribution in [2.45, 2.75) is 0 Å². The molecule has 4 aromatic rings. The molecule has 0 aliphatic heterocycles. The van der Waals surface area contributed by atoms with Crippen LogP contribution in [0, 0.1) is 10.1 Å². The fourth-order valence-corrected chi connectivity index (χ4v) is 3.30. The van der Waals surface area contributed by atoms with E-state index in [2.05, 4.69) is 4.98 Å². The first kappa shape index (κ1) is 20.0. The SMILES string of the molecule is COC(=O)c1cc([N+](=O)[O-])cc2nc(-c3ccc(OC)cc3)nc(-c3ccccc3)c12. The van der Waals surface area contributed by atoms with Crippen molar-refractivity contribution in [3.05, 3.63) is 82.4 Å². The van der Waals surface area contributed by atoms with Crippen LogP contribution in [0.1, 0.15) is 10.4 Å². The van der Waals surface area contributed by atoms with E-state index in [0.29, 0.717) is 28.2 Å². The van der Waals surface area contributed by atoms with Crippen molar-refractivity contribution in [3.63, 3.8) is 0 Å². The van der Waals surface area contributed by atoms with Gasteiger partial charge in [0, 0.05) is 28.6 Å². The lowest BCUT2D eigenvalue weighted by Gasteiger charge is -2.12. The standard InChI is InChI=1S/C23H17N3O5/c1-30-17-10-8-15(9-11-17)22-24-19-13-16(26(28)29)12-18(23(27)31-2)20(19)21(25-22)14-6-4-3-5-7-14/h3-13H,1-2H3. The van der Waals surface area contributed by atoms with Gasteiger partial charge >= 0.3 is 5.97 Å². The molecule has 0 saturated heterocycles. The molecule has 154 valence electrons. The van der Waals surface area contributed by atoms with Gasteiger partial charge in [-0.2, -0.15) is 0 Å². The van der Waals surface area contributed by atoms with Crippen LogP contribution in [0.3, 0.4) is 0 Å². The number of rotatable bonds is 5. The van der Waals surface area contributed by atoms with Crippen LogP contribution in [-0.2, 0) is 4.74 Å². The summed E-state index contributed by atoms with van der Waals surface area (Å²) in [6.07, 6.45) is 0. The average molecular weight is 415 g/mol. The predicted octanol–water partition coefficient (Wildman–Crippen LogP) is 4.67. The lowest BCUT2D eigenvalue weighted by Crippen LogP contribution is -2.06. The summed E-state index contributed by atoms with van der Waals surface area (Å²) < 4.78 is 10.1. The Hall–Kier alpha value is -4.33. The van der Waals surface area contributed by atoms with Gasteiger partial charge in [-0.1, -0.05) is 30.3 Å². The minimum Gasteiger partial charge on any atom is -0.497 e. The molecule has 1 aromatic heterocycles. The Labute approximate surface area is 177 Å². The molecule has 0 radical (unpaired) electrons. The Bertz CT molecular complexity index is 1290. The number of aromatic nitrogens is 2. The monoisotopic (exact) mass is 415 g/mol. The predicted molar refractivity (Wildman–Crippen MR) is 115 cm³/mol. The number of fused-ring (bicyclic) bond motifs is 1. The largest absolute Gasteiger partial charge is 0.497 e. The van der Waals surface area contributed by atoms with E-state index in [4.69, 9.17) is 14.5 Å². The summed E-state index contributed by atoms with van der Waals surface area (Å²) in [7, 11) is 2.80. The number of nitro benzene ring substituents is 1.